The third-order valence-electron chi connectivity index (χ3n) is 5.16. The summed E-state index contributed by atoms with van der Waals surface area (Å²) >= 11 is 0. The van der Waals surface area contributed by atoms with Crippen LogP contribution in [0.4, 0.5) is 5.69 Å². The first kappa shape index (κ1) is 17.5. The zero-order valence-electron chi connectivity index (χ0n) is 15.7. The molecule has 3 aromatic rings. The molecule has 5 heteroatoms. The first-order valence-corrected chi connectivity index (χ1v) is 9.31. The molecule has 1 amide bonds. The number of amides is 1. The van der Waals surface area contributed by atoms with Crippen molar-refractivity contribution in [1.29, 1.82) is 0 Å². The van der Waals surface area contributed by atoms with Crippen LogP contribution in [0.1, 0.15) is 18.1 Å². The molecule has 0 radical (unpaired) electrons. The number of piperazine rings is 1. The van der Waals surface area contributed by atoms with Crippen molar-refractivity contribution >= 4 is 11.6 Å². The maximum atomic E-state index is 12.8. The van der Waals surface area contributed by atoms with Gasteiger partial charge in [0.05, 0.1) is 18.4 Å². The van der Waals surface area contributed by atoms with Crippen LogP contribution in [-0.4, -0.2) is 39.7 Å². The number of hydrogen-bond acceptors (Lipinski definition) is 3. The zero-order chi connectivity index (χ0) is 18.8. The van der Waals surface area contributed by atoms with Gasteiger partial charge in [-0.05, 0) is 37.6 Å². The van der Waals surface area contributed by atoms with E-state index in [1.54, 1.807) is 0 Å². The van der Waals surface area contributed by atoms with Crippen molar-refractivity contribution in [3.8, 4) is 5.69 Å². The fraction of sp³-hybridized carbons (Fsp3) is 0.273. The lowest BCUT2D eigenvalue weighted by Gasteiger charge is -2.39. The van der Waals surface area contributed by atoms with Gasteiger partial charge in [0, 0.05) is 36.6 Å². The van der Waals surface area contributed by atoms with Gasteiger partial charge < -0.3 is 4.90 Å². The molecule has 1 fully saturated rings. The Labute approximate surface area is 159 Å². The molecule has 0 spiro atoms. The third kappa shape index (κ3) is 3.64. The quantitative estimate of drug-likeness (QED) is 0.716. The van der Waals surface area contributed by atoms with Crippen molar-refractivity contribution in [1.82, 2.24) is 14.7 Å². The van der Waals surface area contributed by atoms with Crippen molar-refractivity contribution in [2.24, 2.45) is 0 Å². The van der Waals surface area contributed by atoms with Crippen LogP contribution in [0.2, 0.25) is 0 Å². The highest BCUT2D eigenvalue weighted by atomic mass is 16.2. The second-order valence-electron chi connectivity index (χ2n) is 7.17. The number of rotatable bonds is 4. The van der Waals surface area contributed by atoms with E-state index in [0.717, 1.165) is 29.0 Å². The highest BCUT2D eigenvalue weighted by Gasteiger charge is 2.31. The third-order valence-corrected chi connectivity index (χ3v) is 5.16. The molecular formula is C22H24N4O. The Bertz CT molecular complexity index is 934. The summed E-state index contributed by atoms with van der Waals surface area (Å²) < 4.78 is 1.88. The van der Waals surface area contributed by atoms with Gasteiger partial charge in [0.1, 0.15) is 0 Å². The van der Waals surface area contributed by atoms with E-state index in [-0.39, 0.29) is 11.9 Å². The molecule has 2 heterocycles. The first-order valence-electron chi connectivity index (χ1n) is 9.31. The standard InChI is InChI=1S/C22H24N4O/c1-17-8-6-7-11-21(17)25-13-18(2)24(16-22(25)27)14-19-12-23-26(15-19)20-9-4-3-5-10-20/h3-12,15,18H,13-14,16H2,1-2H3/t18-/m0/s1. The number of aromatic nitrogens is 2. The number of para-hydroxylation sites is 2. The molecule has 0 N–H and O–H groups in total. The molecule has 1 aliphatic rings. The van der Waals surface area contributed by atoms with Crippen molar-refractivity contribution in [3.05, 3.63) is 78.1 Å². The number of carbonyl (C=O) groups excluding carboxylic acids is 1. The summed E-state index contributed by atoms with van der Waals surface area (Å²) in [6.45, 7) is 6.08. The van der Waals surface area contributed by atoms with Crippen LogP contribution in [0.3, 0.4) is 0 Å². The van der Waals surface area contributed by atoms with Gasteiger partial charge in [-0.1, -0.05) is 36.4 Å². The number of aryl methyl sites for hydroxylation is 1. The molecule has 0 unspecified atom stereocenters. The van der Waals surface area contributed by atoms with Crippen LogP contribution < -0.4 is 4.90 Å². The summed E-state index contributed by atoms with van der Waals surface area (Å²) in [6.07, 6.45) is 3.93. The molecule has 1 saturated heterocycles. The van der Waals surface area contributed by atoms with E-state index in [2.05, 4.69) is 29.9 Å². The largest absolute Gasteiger partial charge is 0.309 e. The second-order valence-corrected chi connectivity index (χ2v) is 7.17. The van der Waals surface area contributed by atoms with Crippen molar-refractivity contribution < 1.29 is 4.79 Å². The van der Waals surface area contributed by atoms with Crippen LogP contribution >= 0.6 is 0 Å². The average Bonchev–Trinajstić information content (AvgIpc) is 3.14. The molecule has 1 aromatic heterocycles. The van der Waals surface area contributed by atoms with Crippen molar-refractivity contribution in [2.75, 3.05) is 18.0 Å². The molecule has 2 aromatic carbocycles. The van der Waals surface area contributed by atoms with Crippen LogP contribution in [0.5, 0.6) is 0 Å². The van der Waals surface area contributed by atoms with Gasteiger partial charge in [0.15, 0.2) is 0 Å². The Balaban J connectivity index is 1.47. The normalized spacial score (nSPS) is 18.1. The van der Waals surface area contributed by atoms with Gasteiger partial charge in [0.2, 0.25) is 5.91 Å². The summed E-state index contributed by atoms with van der Waals surface area (Å²) in [5, 5.41) is 4.46. The molecule has 4 rings (SSSR count). The van der Waals surface area contributed by atoms with Crippen molar-refractivity contribution in [3.63, 3.8) is 0 Å². The Morgan fingerprint density at radius 2 is 1.81 bits per heavy atom. The molecule has 5 nitrogen and oxygen atoms in total. The van der Waals surface area contributed by atoms with Crippen LogP contribution in [0, 0.1) is 6.92 Å². The fourth-order valence-corrected chi connectivity index (χ4v) is 3.61. The van der Waals surface area contributed by atoms with Crippen LogP contribution in [-0.2, 0) is 11.3 Å². The minimum absolute atomic E-state index is 0.151. The Morgan fingerprint density at radius 3 is 2.59 bits per heavy atom. The SMILES string of the molecule is Cc1ccccc1N1C[C@H](C)N(Cc2cnn(-c3ccccc3)c2)CC1=O. The molecule has 27 heavy (non-hydrogen) atoms. The summed E-state index contributed by atoms with van der Waals surface area (Å²) in [7, 11) is 0. The predicted octanol–water partition coefficient (Wildman–Crippen LogP) is 3.42. The Hall–Kier alpha value is -2.92. The molecule has 0 aliphatic carbocycles. The van der Waals surface area contributed by atoms with Gasteiger partial charge in [-0.25, -0.2) is 4.68 Å². The van der Waals surface area contributed by atoms with E-state index in [1.165, 1.54) is 0 Å². The smallest absolute Gasteiger partial charge is 0.241 e. The van der Waals surface area contributed by atoms with Gasteiger partial charge in [-0.2, -0.15) is 5.10 Å². The molecule has 0 bridgehead atoms. The number of nitrogens with zero attached hydrogens (tertiary/aromatic N) is 4. The molecule has 138 valence electrons. The lowest BCUT2D eigenvalue weighted by atomic mass is 10.1. The highest BCUT2D eigenvalue weighted by molar-refractivity contribution is 5.96. The number of hydrogen-bond donors (Lipinski definition) is 0. The maximum absolute atomic E-state index is 12.8. The molecule has 1 atom stereocenters. The summed E-state index contributed by atoms with van der Waals surface area (Å²) in [4.78, 5) is 16.9. The van der Waals surface area contributed by atoms with Gasteiger partial charge >= 0.3 is 0 Å². The Kier molecular flexibility index (Phi) is 4.77. The molecule has 1 aliphatic heterocycles. The van der Waals surface area contributed by atoms with E-state index in [0.29, 0.717) is 13.1 Å². The fourth-order valence-electron chi connectivity index (χ4n) is 3.61. The summed E-state index contributed by atoms with van der Waals surface area (Å²) in [5.41, 5.74) is 4.31. The van der Waals surface area contributed by atoms with E-state index in [9.17, 15) is 4.79 Å². The monoisotopic (exact) mass is 360 g/mol. The van der Waals surface area contributed by atoms with E-state index in [1.807, 2.05) is 70.5 Å². The van der Waals surface area contributed by atoms with Gasteiger partial charge in [0.25, 0.3) is 0 Å². The summed E-state index contributed by atoms with van der Waals surface area (Å²) in [6, 6.07) is 18.4. The van der Waals surface area contributed by atoms with E-state index >= 15 is 0 Å². The van der Waals surface area contributed by atoms with E-state index in [4.69, 9.17) is 0 Å². The van der Waals surface area contributed by atoms with Crippen LogP contribution in [0.25, 0.3) is 5.69 Å². The van der Waals surface area contributed by atoms with Gasteiger partial charge in [-0.3, -0.25) is 9.69 Å². The second kappa shape index (κ2) is 7.37. The molecular weight excluding hydrogens is 336 g/mol. The average molecular weight is 360 g/mol. The predicted molar refractivity (Wildman–Crippen MR) is 107 cm³/mol. The van der Waals surface area contributed by atoms with Gasteiger partial charge in [-0.15, -0.1) is 0 Å². The van der Waals surface area contributed by atoms with E-state index < -0.39 is 0 Å². The highest BCUT2D eigenvalue weighted by Crippen LogP contribution is 2.24. The zero-order valence-corrected chi connectivity index (χ0v) is 15.7. The summed E-state index contributed by atoms with van der Waals surface area (Å²) in [5.74, 6) is 0.151. The minimum atomic E-state index is 0.151. The minimum Gasteiger partial charge on any atom is -0.309 e. The van der Waals surface area contributed by atoms with Crippen LogP contribution in [0.15, 0.2) is 67.0 Å². The number of benzene rings is 2. The molecule has 0 saturated carbocycles. The first-order chi connectivity index (χ1) is 13.1. The number of anilines is 1. The van der Waals surface area contributed by atoms with Crippen molar-refractivity contribution in [2.45, 2.75) is 26.4 Å². The maximum Gasteiger partial charge on any atom is 0.241 e. The lowest BCUT2D eigenvalue weighted by Crippen LogP contribution is -2.55. The lowest BCUT2D eigenvalue weighted by molar-refractivity contribution is -0.122. The Morgan fingerprint density at radius 1 is 1.07 bits per heavy atom. The topological polar surface area (TPSA) is 41.4 Å². The number of carbonyl (C=O) groups is 1.